The van der Waals surface area contributed by atoms with Gasteiger partial charge in [0.2, 0.25) is 6.17 Å². The van der Waals surface area contributed by atoms with Gasteiger partial charge in [-0.1, -0.05) is 12.1 Å². The van der Waals surface area contributed by atoms with Crippen molar-refractivity contribution in [2.45, 2.75) is 13.1 Å². The maximum absolute atomic E-state index is 11.3. The number of hydrogen-bond acceptors (Lipinski definition) is 4. The molecule has 0 aliphatic carbocycles. The van der Waals surface area contributed by atoms with Gasteiger partial charge in [-0.3, -0.25) is 0 Å². The molecule has 0 bridgehead atoms. The molecule has 0 aromatic heterocycles. The lowest BCUT2D eigenvalue weighted by atomic mass is 10.1. The Morgan fingerprint density at radius 2 is 2.00 bits per heavy atom. The van der Waals surface area contributed by atoms with Crippen molar-refractivity contribution >= 4 is 5.97 Å². The van der Waals surface area contributed by atoms with Gasteiger partial charge in [0.05, 0.1) is 12.2 Å². The van der Waals surface area contributed by atoms with Crippen LogP contribution in [0.15, 0.2) is 34.5 Å². The van der Waals surface area contributed by atoms with E-state index in [1.165, 1.54) is 0 Å². The summed E-state index contributed by atoms with van der Waals surface area (Å²) in [5, 5.41) is 7.58. The fraction of sp³-hybridized carbons (Fsp3) is 0.300. The molecule has 1 aliphatic heterocycles. The summed E-state index contributed by atoms with van der Waals surface area (Å²) in [7, 11) is 0. The topological polar surface area (TPSA) is 51.0 Å². The van der Waals surface area contributed by atoms with Crippen molar-refractivity contribution in [2.75, 3.05) is 6.61 Å². The SMILES string of the molecule is CCOC(=O)c1ccc(C2[15N]=[15N]2)cc1. The molecule has 1 aromatic carbocycles. The van der Waals surface area contributed by atoms with Crippen LogP contribution in [0, 0.1) is 0 Å². The summed E-state index contributed by atoms with van der Waals surface area (Å²) in [4.78, 5) is 11.3. The highest BCUT2D eigenvalue weighted by atomic mass is 16.5. The second-order valence-electron chi connectivity index (χ2n) is 2.95. The molecule has 4 nitrogen and oxygen atoms in total. The first-order chi connectivity index (χ1) is 6.81. The molecule has 1 aromatic rings. The molecule has 4 heteroatoms. The lowest BCUT2D eigenvalue weighted by molar-refractivity contribution is 0.0526. The van der Waals surface area contributed by atoms with E-state index in [9.17, 15) is 4.79 Å². The van der Waals surface area contributed by atoms with Gasteiger partial charge < -0.3 is 4.74 Å². The Labute approximate surface area is 81.6 Å². The molecule has 0 atom stereocenters. The molecule has 2 rings (SSSR count). The van der Waals surface area contributed by atoms with Crippen LogP contribution in [0.4, 0.5) is 0 Å². The standard InChI is InChI=1S/C10H10N2O2/c1-2-14-10(13)8-5-3-7(4-6-8)9-11-12-9/h3-6,9H,2H2,1H3/i11+1,12+1. The molecular weight excluding hydrogens is 182 g/mol. The van der Waals surface area contributed by atoms with Crippen molar-refractivity contribution in [3.63, 3.8) is 0 Å². The number of esters is 1. The average molecular weight is 192 g/mol. The first kappa shape index (κ1) is 8.87. The molecule has 0 radical (unpaired) electrons. The quantitative estimate of drug-likeness (QED) is 0.545. The van der Waals surface area contributed by atoms with Crippen LogP contribution >= 0.6 is 0 Å². The lowest BCUT2D eigenvalue weighted by Crippen LogP contribution is -2.04. The minimum absolute atomic E-state index is 0.00811. The minimum Gasteiger partial charge on any atom is -0.462 e. The van der Waals surface area contributed by atoms with Crippen molar-refractivity contribution in [1.82, 2.24) is 0 Å². The molecule has 0 fully saturated rings. The van der Waals surface area contributed by atoms with Crippen LogP contribution < -0.4 is 0 Å². The molecule has 0 spiro atoms. The molecular formula is C10H10N2O2. The third-order valence-electron chi connectivity index (χ3n) is 1.95. The van der Waals surface area contributed by atoms with Crippen molar-refractivity contribution in [3.8, 4) is 0 Å². The van der Waals surface area contributed by atoms with Crippen LogP contribution in [0.5, 0.6) is 0 Å². The van der Waals surface area contributed by atoms with E-state index in [0.29, 0.717) is 12.2 Å². The van der Waals surface area contributed by atoms with Crippen molar-refractivity contribution in [2.24, 2.45) is 10.2 Å². The zero-order valence-corrected chi connectivity index (χ0v) is 7.80. The molecule has 0 unspecified atom stereocenters. The van der Waals surface area contributed by atoms with E-state index in [4.69, 9.17) is 4.74 Å². The Morgan fingerprint density at radius 1 is 1.36 bits per heavy atom. The van der Waals surface area contributed by atoms with Gasteiger partial charge >= 0.3 is 5.97 Å². The van der Waals surface area contributed by atoms with Gasteiger partial charge in [0, 0.05) is 5.56 Å². The monoisotopic (exact) mass is 192 g/mol. The number of benzene rings is 1. The molecule has 1 heterocycles. The van der Waals surface area contributed by atoms with Gasteiger partial charge in [-0.05, 0) is 19.1 Å². The highest BCUT2D eigenvalue weighted by Gasteiger charge is 2.18. The Hall–Kier alpha value is -1.71. The molecule has 0 amide bonds. The molecule has 0 N–H and O–H groups in total. The lowest BCUT2D eigenvalue weighted by Gasteiger charge is -2.01. The zero-order valence-electron chi connectivity index (χ0n) is 7.80. The average Bonchev–Trinajstić information content (AvgIpc) is 3.02. The molecule has 1 aliphatic rings. The summed E-state index contributed by atoms with van der Waals surface area (Å²) >= 11 is 0. The normalized spacial score (nSPS) is 14.1. The predicted molar refractivity (Wildman–Crippen MR) is 50.0 cm³/mol. The second-order valence-corrected chi connectivity index (χ2v) is 2.95. The third kappa shape index (κ3) is 1.79. The van der Waals surface area contributed by atoms with Crippen LogP contribution in [-0.4, -0.2) is 12.6 Å². The predicted octanol–water partition coefficient (Wildman–Crippen LogP) is 2.33. The van der Waals surface area contributed by atoms with E-state index in [1.54, 1.807) is 19.1 Å². The summed E-state index contributed by atoms with van der Waals surface area (Å²) in [5.74, 6) is -0.288. The molecule has 72 valence electrons. The number of nitrogens with zero attached hydrogens (tertiary/aromatic N) is 2. The number of ether oxygens (including phenoxy) is 1. The van der Waals surface area contributed by atoms with Gasteiger partial charge in [0.15, 0.2) is 0 Å². The maximum atomic E-state index is 11.3. The van der Waals surface area contributed by atoms with Crippen LogP contribution in [0.3, 0.4) is 0 Å². The number of hydrogen-bond donors (Lipinski definition) is 0. The summed E-state index contributed by atoms with van der Waals surface area (Å²) in [6.07, 6.45) is -0.00811. The van der Waals surface area contributed by atoms with Gasteiger partial charge in [-0.15, -0.1) is 0 Å². The first-order valence-electron chi connectivity index (χ1n) is 4.48. The third-order valence-corrected chi connectivity index (χ3v) is 1.95. The second kappa shape index (κ2) is 3.57. The van der Waals surface area contributed by atoms with Crippen molar-refractivity contribution in [3.05, 3.63) is 35.4 Å². The smallest absolute Gasteiger partial charge is 0.338 e. The fourth-order valence-electron chi connectivity index (χ4n) is 1.17. The van der Waals surface area contributed by atoms with Gasteiger partial charge in [0.25, 0.3) is 0 Å². The number of carbonyl (C=O) groups excluding carboxylic acids is 1. The van der Waals surface area contributed by atoms with E-state index < -0.39 is 0 Å². The summed E-state index contributed by atoms with van der Waals surface area (Å²) in [5.41, 5.74) is 1.58. The van der Waals surface area contributed by atoms with Gasteiger partial charge in [-0.25, -0.2) is 4.79 Å². The van der Waals surface area contributed by atoms with Crippen molar-refractivity contribution in [1.29, 1.82) is 0 Å². The highest BCUT2D eigenvalue weighted by Crippen LogP contribution is 2.30. The highest BCUT2D eigenvalue weighted by molar-refractivity contribution is 5.89. The van der Waals surface area contributed by atoms with Crippen molar-refractivity contribution < 1.29 is 9.53 Å². The van der Waals surface area contributed by atoms with E-state index in [2.05, 4.69) is 10.2 Å². The largest absolute Gasteiger partial charge is 0.462 e. The Bertz CT molecular complexity index is 364. The summed E-state index contributed by atoms with van der Waals surface area (Å²) in [6.45, 7) is 2.18. The van der Waals surface area contributed by atoms with E-state index in [-0.39, 0.29) is 12.1 Å². The maximum Gasteiger partial charge on any atom is 0.338 e. The van der Waals surface area contributed by atoms with Gasteiger partial charge in [-0.2, -0.15) is 10.2 Å². The molecule has 14 heavy (non-hydrogen) atoms. The van der Waals surface area contributed by atoms with E-state index >= 15 is 0 Å². The Balaban J connectivity index is 2.08. The minimum atomic E-state index is -0.288. The first-order valence-corrected chi connectivity index (χ1v) is 4.48. The molecule has 0 saturated heterocycles. The van der Waals surface area contributed by atoms with Crippen LogP contribution in [-0.2, 0) is 4.74 Å². The van der Waals surface area contributed by atoms with E-state index in [1.807, 2.05) is 12.1 Å². The fourth-order valence-corrected chi connectivity index (χ4v) is 1.17. The Kier molecular flexibility index (Phi) is 2.26. The summed E-state index contributed by atoms with van der Waals surface area (Å²) in [6, 6.07) is 7.15. The van der Waals surface area contributed by atoms with Gasteiger partial charge in [0.1, 0.15) is 0 Å². The summed E-state index contributed by atoms with van der Waals surface area (Å²) < 4.78 is 4.86. The number of rotatable bonds is 3. The van der Waals surface area contributed by atoms with Crippen LogP contribution in [0.25, 0.3) is 0 Å². The zero-order chi connectivity index (χ0) is 9.97. The number of carbonyl (C=O) groups is 1. The Morgan fingerprint density at radius 3 is 2.50 bits per heavy atom. The van der Waals surface area contributed by atoms with Crippen LogP contribution in [0.2, 0.25) is 0 Å². The molecule has 0 saturated carbocycles. The van der Waals surface area contributed by atoms with E-state index in [0.717, 1.165) is 5.56 Å². The van der Waals surface area contributed by atoms with Crippen LogP contribution in [0.1, 0.15) is 29.0 Å².